The van der Waals surface area contributed by atoms with Gasteiger partial charge in [-0.05, 0) is 37.1 Å². The van der Waals surface area contributed by atoms with Gasteiger partial charge in [0.25, 0.3) is 0 Å². The lowest BCUT2D eigenvalue weighted by Gasteiger charge is -2.08. The van der Waals surface area contributed by atoms with Gasteiger partial charge < -0.3 is 5.32 Å². The first-order valence-electron chi connectivity index (χ1n) is 6.73. The second-order valence-electron chi connectivity index (χ2n) is 4.55. The maximum absolute atomic E-state index is 12.1. The molecule has 0 unspecified atom stereocenters. The molecule has 1 heterocycles. The van der Waals surface area contributed by atoms with E-state index in [0.29, 0.717) is 0 Å². The molecule has 4 nitrogen and oxygen atoms in total. The number of amides is 1. The number of aromatic nitrogens is 2. The molecule has 2 rings (SSSR count). The number of carbonyl (C=O) groups is 1. The largest absolute Gasteiger partial charge is 0.324 e. The molecule has 0 aliphatic carbocycles. The second-order valence-corrected chi connectivity index (χ2v) is 5.47. The van der Waals surface area contributed by atoms with Crippen LogP contribution in [0.15, 0.2) is 34.8 Å². The Morgan fingerprint density at radius 3 is 2.75 bits per heavy atom. The molecule has 0 spiro atoms. The van der Waals surface area contributed by atoms with Crippen LogP contribution in [0.3, 0.4) is 0 Å². The van der Waals surface area contributed by atoms with Crippen LogP contribution in [0.4, 0.5) is 5.69 Å². The zero-order valence-corrected chi connectivity index (χ0v) is 13.3. The fourth-order valence-electron chi connectivity index (χ4n) is 2.01. The van der Waals surface area contributed by atoms with Crippen LogP contribution in [-0.2, 0) is 24.2 Å². The highest BCUT2D eigenvalue weighted by Crippen LogP contribution is 2.15. The molecular weight excluding hydrogens is 318 g/mol. The summed E-state index contributed by atoms with van der Waals surface area (Å²) in [6, 6.07) is 9.61. The fraction of sp³-hybridized carbons (Fsp3) is 0.333. The molecule has 0 radical (unpaired) electrons. The molecule has 1 aromatic carbocycles. The van der Waals surface area contributed by atoms with Crippen molar-refractivity contribution in [3.63, 3.8) is 0 Å². The van der Waals surface area contributed by atoms with E-state index >= 15 is 0 Å². The van der Waals surface area contributed by atoms with E-state index in [0.717, 1.165) is 34.4 Å². The Morgan fingerprint density at radius 1 is 1.30 bits per heavy atom. The fourth-order valence-corrected chi connectivity index (χ4v) is 2.41. The van der Waals surface area contributed by atoms with Crippen molar-refractivity contribution < 1.29 is 4.79 Å². The molecule has 0 saturated heterocycles. The van der Waals surface area contributed by atoms with Gasteiger partial charge in [0, 0.05) is 15.9 Å². The van der Waals surface area contributed by atoms with Crippen molar-refractivity contribution in [2.45, 2.75) is 33.2 Å². The topological polar surface area (TPSA) is 46.9 Å². The summed E-state index contributed by atoms with van der Waals surface area (Å²) in [6.45, 7) is 4.38. The van der Waals surface area contributed by atoms with Gasteiger partial charge >= 0.3 is 0 Å². The first-order valence-corrected chi connectivity index (χ1v) is 7.52. The average molecular weight is 336 g/mol. The Balaban J connectivity index is 2.06. The first kappa shape index (κ1) is 14.8. The summed E-state index contributed by atoms with van der Waals surface area (Å²) in [7, 11) is 0. The van der Waals surface area contributed by atoms with Gasteiger partial charge in [0.2, 0.25) is 5.91 Å². The van der Waals surface area contributed by atoms with E-state index in [4.69, 9.17) is 0 Å². The number of nitrogens with one attached hydrogen (secondary N) is 1. The molecule has 1 N–H and O–H groups in total. The maximum Gasteiger partial charge on any atom is 0.246 e. The molecule has 0 aliphatic heterocycles. The smallest absolute Gasteiger partial charge is 0.246 e. The normalized spacial score (nSPS) is 10.6. The highest BCUT2D eigenvalue weighted by molar-refractivity contribution is 9.10. The summed E-state index contributed by atoms with van der Waals surface area (Å²) in [5.41, 5.74) is 2.90. The summed E-state index contributed by atoms with van der Waals surface area (Å²) in [5.74, 6) is -0.0662. The van der Waals surface area contributed by atoms with Gasteiger partial charge in [0.05, 0.1) is 5.69 Å². The van der Waals surface area contributed by atoms with Gasteiger partial charge in [-0.25, -0.2) is 0 Å². The van der Waals surface area contributed by atoms with Crippen molar-refractivity contribution in [1.29, 1.82) is 0 Å². The van der Waals surface area contributed by atoms with Crippen molar-refractivity contribution in [2.24, 2.45) is 0 Å². The van der Waals surface area contributed by atoms with Gasteiger partial charge in [-0.15, -0.1) is 0 Å². The van der Waals surface area contributed by atoms with Crippen molar-refractivity contribution in [3.05, 3.63) is 46.2 Å². The Morgan fingerprint density at radius 2 is 2.10 bits per heavy atom. The summed E-state index contributed by atoms with van der Waals surface area (Å²) in [5, 5.41) is 7.33. The number of benzene rings is 1. The molecule has 2 aromatic rings. The van der Waals surface area contributed by atoms with Gasteiger partial charge in [-0.2, -0.15) is 5.10 Å². The molecule has 20 heavy (non-hydrogen) atoms. The molecule has 1 amide bonds. The molecule has 0 saturated carbocycles. The van der Waals surface area contributed by atoms with Crippen LogP contribution in [0, 0.1) is 0 Å². The number of hydrogen-bond acceptors (Lipinski definition) is 2. The van der Waals surface area contributed by atoms with Crippen LogP contribution in [0.2, 0.25) is 0 Å². The number of carbonyl (C=O) groups excluding carboxylic acids is 1. The van der Waals surface area contributed by atoms with Crippen molar-refractivity contribution in [1.82, 2.24) is 9.78 Å². The predicted molar refractivity (Wildman–Crippen MR) is 83.8 cm³/mol. The van der Waals surface area contributed by atoms with Crippen LogP contribution in [0.5, 0.6) is 0 Å². The van der Waals surface area contributed by atoms with E-state index in [1.807, 2.05) is 24.3 Å². The lowest BCUT2D eigenvalue weighted by atomic mass is 10.2. The minimum absolute atomic E-state index is 0.0662. The molecule has 0 bridgehead atoms. The second kappa shape index (κ2) is 6.70. The van der Waals surface area contributed by atoms with E-state index in [2.05, 4.69) is 46.3 Å². The number of nitrogens with zero attached hydrogens (tertiary/aromatic N) is 2. The molecule has 1 aromatic heterocycles. The van der Waals surface area contributed by atoms with Crippen LogP contribution < -0.4 is 5.32 Å². The summed E-state index contributed by atoms with van der Waals surface area (Å²) >= 11 is 3.39. The average Bonchev–Trinajstić information content (AvgIpc) is 2.80. The summed E-state index contributed by atoms with van der Waals surface area (Å²) in [6.07, 6.45) is 1.75. The van der Waals surface area contributed by atoms with E-state index in [1.54, 1.807) is 4.68 Å². The third-order valence-corrected chi connectivity index (χ3v) is 3.53. The SMILES string of the molecule is CCc1cc(CC)n(CC(=O)Nc2cccc(Br)c2)n1. The standard InChI is InChI=1S/C15H18BrN3O/c1-3-12-9-14(4-2)19(18-12)10-15(20)17-13-7-5-6-11(16)8-13/h5-9H,3-4,10H2,1-2H3,(H,17,20). The van der Waals surface area contributed by atoms with E-state index < -0.39 is 0 Å². The monoisotopic (exact) mass is 335 g/mol. The lowest BCUT2D eigenvalue weighted by Crippen LogP contribution is -2.20. The Hall–Kier alpha value is -1.62. The number of aryl methyl sites for hydroxylation is 2. The molecule has 0 aliphatic rings. The highest BCUT2D eigenvalue weighted by atomic mass is 79.9. The summed E-state index contributed by atoms with van der Waals surface area (Å²) < 4.78 is 2.73. The molecule has 5 heteroatoms. The number of halogens is 1. The van der Waals surface area contributed by atoms with Crippen LogP contribution >= 0.6 is 15.9 Å². The Kier molecular flexibility index (Phi) is 4.95. The highest BCUT2D eigenvalue weighted by Gasteiger charge is 2.10. The van der Waals surface area contributed by atoms with E-state index in [1.165, 1.54) is 0 Å². The van der Waals surface area contributed by atoms with Crippen LogP contribution in [-0.4, -0.2) is 15.7 Å². The first-order chi connectivity index (χ1) is 9.62. The van der Waals surface area contributed by atoms with Gasteiger partial charge in [0.15, 0.2) is 0 Å². The molecule has 106 valence electrons. The van der Waals surface area contributed by atoms with Gasteiger partial charge in [-0.1, -0.05) is 35.8 Å². The lowest BCUT2D eigenvalue weighted by molar-refractivity contribution is -0.116. The number of rotatable bonds is 5. The number of anilines is 1. The van der Waals surface area contributed by atoms with E-state index in [-0.39, 0.29) is 12.5 Å². The number of hydrogen-bond donors (Lipinski definition) is 1. The van der Waals surface area contributed by atoms with Crippen molar-refractivity contribution in [3.8, 4) is 0 Å². The maximum atomic E-state index is 12.1. The quantitative estimate of drug-likeness (QED) is 0.910. The van der Waals surface area contributed by atoms with Crippen LogP contribution in [0.1, 0.15) is 25.2 Å². The summed E-state index contributed by atoms with van der Waals surface area (Å²) in [4.78, 5) is 12.1. The van der Waals surface area contributed by atoms with Crippen LogP contribution in [0.25, 0.3) is 0 Å². The van der Waals surface area contributed by atoms with Crippen molar-refractivity contribution >= 4 is 27.5 Å². The third kappa shape index (κ3) is 3.70. The van der Waals surface area contributed by atoms with Gasteiger partial charge in [-0.3, -0.25) is 9.48 Å². The molecular formula is C15H18BrN3O. The molecule has 0 atom stereocenters. The minimum atomic E-state index is -0.0662. The zero-order valence-electron chi connectivity index (χ0n) is 11.7. The van der Waals surface area contributed by atoms with Crippen molar-refractivity contribution in [2.75, 3.05) is 5.32 Å². The minimum Gasteiger partial charge on any atom is -0.324 e. The third-order valence-electron chi connectivity index (χ3n) is 3.04. The molecule has 0 fully saturated rings. The van der Waals surface area contributed by atoms with Gasteiger partial charge in [0.1, 0.15) is 6.54 Å². The Bertz CT molecular complexity index is 607. The zero-order chi connectivity index (χ0) is 14.5. The predicted octanol–water partition coefficient (Wildman–Crippen LogP) is 3.41. The Labute approximate surface area is 127 Å². The van der Waals surface area contributed by atoms with E-state index in [9.17, 15) is 4.79 Å².